The number of nitrogens with one attached hydrogen (secondary N) is 1. The summed E-state index contributed by atoms with van der Waals surface area (Å²) in [5.41, 5.74) is 0.450. The Morgan fingerprint density at radius 3 is 3.00 bits per heavy atom. The van der Waals surface area contributed by atoms with Crippen molar-refractivity contribution in [3.05, 3.63) is 12.0 Å². The topological polar surface area (TPSA) is 112 Å². The van der Waals surface area contributed by atoms with Crippen molar-refractivity contribution in [1.29, 1.82) is 0 Å². The SMILES string of the molecule is CSC[C@H]1O[C@@H](n2cnc3c2NC=NC[C@H]3O)[C@@H](O)[C@H]1O. The van der Waals surface area contributed by atoms with Gasteiger partial charge in [0, 0.05) is 5.75 Å². The number of aliphatic imine (C=N–C) groups is 1. The predicted molar refractivity (Wildman–Crippen MR) is 78.5 cm³/mol. The van der Waals surface area contributed by atoms with Crippen molar-refractivity contribution < 1.29 is 20.1 Å². The maximum Gasteiger partial charge on any atom is 0.165 e. The van der Waals surface area contributed by atoms with Crippen LogP contribution in [0.25, 0.3) is 0 Å². The van der Waals surface area contributed by atoms with Crippen molar-refractivity contribution in [3.63, 3.8) is 0 Å². The van der Waals surface area contributed by atoms with E-state index >= 15 is 0 Å². The molecule has 4 N–H and O–H groups in total. The molecule has 0 saturated carbocycles. The summed E-state index contributed by atoms with van der Waals surface area (Å²) in [5.74, 6) is 1.10. The van der Waals surface area contributed by atoms with E-state index in [0.717, 1.165) is 0 Å². The van der Waals surface area contributed by atoms with Crippen molar-refractivity contribution >= 4 is 23.9 Å². The summed E-state index contributed by atoms with van der Waals surface area (Å²) in [6.45, 7) is 0.225. The van der Waals surface area contributed by atoms with Crippen molar-refractivity contribution in [1.82, 2.24) is 9.55 Å². The summed E-state index contributed by atoms with van der Waals surface area (Å²) >= 11 is 1.54. The molecule has 21 heavy (non-hydrogen) atoms. The van der Waals surface area contributed by atoms with Crippen molar-refractivity contribution in [2.75, 3.05) is 23.9 Å². The Hall–Kier alpha value is -1.13. The molecule has 1 aromatic rings. The van der Waals surface area contributed by atoms with Crippen LogP contribution in [0.5, 0.6) is 0 Å². The Balaban J connectivity index is 1.90. The molecule has 0 aromatic carbocycles. The van der Waals surface area contributed by atoms with Gasteiger partial charge in [-0.1, -0.05) is 0 Å². The van der Waals surface area contributed by atoms with Gasteiger partial charge < -0.3 is 25.4 Å². The fraction of sp³-hybridized carbons (Fsp3) is 0.667. The molecule has 9 heteroatoms. The number of thioether (sulfide) groups is 1. The molecule has 0 aliphatic carbocycles. The lowest BCUT2D eigenvalue weighted by atomic mass is 10.1. The Morgan fingerprint density at radius 2 is 2.24 bits per heavy atom. The molecule has 3 rings (SSSR count). The zero-order chi connectivity index (χ0) is 15.0. The van der Waals surface area contributed by atoms with Crippen LogP contribution in [0.2, 0.25) is 0 Å². The monoisotopic (exact) mass is 314 g/mol. The lowest BCUT2D eigenvalue weighted by molar-refractivity contribution is -0.0298. The third-order valence-corrected chi connectivity index (χ3v) is 4.31. The number of anilines is 1. The standard InChI is InChI=1S/C12H18N4O4S/c1-21-3-7-9(18)10(19)12(20-7)16-5-15-8-6(17)2-13-4-14-11(8)16/h4-7,9-10,12,17-19H,2-3H2,1H3,(H,13,14)/t6-,7-,9+,10+,12-/m1/s1. The van der Waals surface area contributed by atoms with Crippen LogP contribution in [0.1, 0.15) is 18.0 Å². The van der Waals surface area contributed by atoms with E-state index in [1.54, 1.807) is 4.57 Å². The first kappa shape index (κ1) is 14.8. The van der Waals surface area contributed by atoms with Gasteiger partial charge in [0.2, 0.25) is 0 Å². The quantitative estimate of drug-likeness (QED) is 0.586. The van der Waals surface area contributed by atoms with Gasteiger partial charge >= 0.3 is 0 Å². The second kappa shape index (κ2) is 5.93. The maximum atomic E-state index is 10.2. The second-order valence-corrected chi connectivity index (χ2v) is 5.95. The second-order valence-electron chi connectivity index (χ2n) is 5.04. The van der Waals surface area contributed by atoms with Gasteiger partial charge in [0.05, 0.1) is 25.3 Å². The molecule has 0 amide bonds. The van der Waals surface area contributed by atoms with Gasteiger partial charge in [0.25, 0.3) is 0 Å². The number of nitrogens with zero attached hydrogens (tertiary/aromatic N) is 3. The Kier molecular flexibility index (Phi) is 4.18. The lowest BCUT2D eigenvalue weighted by Gasteiger charge is -2.19. The molecule has 2 aliphatic rings. The fourth-order valence-corrected chi connectivity index (χ4v) is 3.17. The highest BCUT2D eigenvalue weighted by Crippen LogP contribution is 2.35. The number of imidazole rings is 1. The van der Waals surface area contributed by atoms with E-state index < -0.39 is 30.6 Å². The van der Waals surface area contributed by atoms with Crippen molar-refractivity contribution in [3.8, 4) is 0 Å². The molecule has 0 unspecified atom stereocenters. The van der Waals surface area contributed by atoms with E-state index in [-0.39, 0.29) is 6.54 Å². The van der Waals surface area contributed by atoms with Crippen LogP contribution in [-0.4, -0.2) is 68.1 Å². The number of hydrogen-bond acceptors (Lipinski definition) is 8. The van der Waals surface area contributed by atoms with E-state index in [1.807, 2.05) is 6.26 Å². The van der Waals surface area contributed by atoms with E-state index in [4.69, 9.17) is 4.74 Å². The first-order valence-electron chi connectivity index (χ1n) is 6.63. The molecular formula is C12H18N4O4S. The molecular weight excluding hydrogens is 296 g/mol. The molecule has 5 atom stereocenters. The molecule has 0 bridgehead atoms. The van der Waals surface area contributed by atoms with Gasteiger partial charge in [-0.15, -0.1) is 0 Å². The number of aromatic nitrogens is 2. The summed E-state index contributed by atoms with van der Waals surface area (Å²) in [5, 5.41) is 33.2. The van der Waals surface area contributed by atoms with E-state index in [2.05, 4.69) is 15.3 Å². The first-order valence-corrected chi connectivity index (χ1v) is 8.03. The average molecular weight is 314 g/mol. The van der Waals surface area contributed by atoms with Gasteiger partial charge in [-0.2, -0.15) is 11.8 Å². The van der Waals surface area contributed by atoms with Crippen LogP contribution in [-0.2, 0) is 4.74 Å². The van der Waals surface area contributed by atoms with Gasteiger partial charge in [0.1, 0.15) is 29.8 Å². The third kappa shape index (κ3) is 2.55. The minimum absolute atomic E-state index is 0.225. The molecule has 0 radical (unpaired) electrons. The number of aliphatic hydroxyl groups excluding tert-OH is 3. The highest BCUT2D eigenvalue weighted by molar-refractivity contribution is 7.98. The molecule has 1 saturated heterocycles. The van der Waals surface area contributed by atoms with Crippen LogP contribution in [0.3, 0.4) is 0 Å². The van der Waals surface area contributed by atoms with Crippen LogP contribution < -0.4 is 5.32 Å². The van der Waals surface area contributed by atoms with Crippen LogP contribution >= 0.6 is 11.8 Å². The van der Waals surface area contributed by atoms with Gasteiger partial charge in [-0.25, -0.2) is 4.98 Å². The largest absolute Gasteiger partial charge is 0.387 e. The van der Waals surface area contributed by atoms with Crippen LogP contribution in [0, 0.1) is 0 Å². The number of aliphatic hydroxyl groups is 3. The molecule has 1 aromatic heterocycles. The summed E-state index contributed by atoms with van der Waals surface area (Å²) in [6, 6.07) is 0. The molecule has 2 aliphatic heterocycles. The fourth-order valence-electron chi connectivity index (χ4n) is 2.57. The predicted octanol–water partition coefficient (Wildman–Crippen LogP) is -0.648. The molecule has 3 heterocycles. The smallest absolute Gasteiger partial charge is 0.165 e. The zero-order valence-corrected chi connectivity index (χ0v) is 12.3. The first-order chi connectivity index (χ1) is 10.1. The molecule has 1 fully saturated rings. The van der Waals surface area contributed by atoms with Crippen LogP contribution in [0.15, 0.2) is 11.3 Å². The normalized spacial score (nSPS) is 35.3. The molecule has 116 valence electrons. The minimum atomic E-state index is -1.06. The minimum Gasteiger partial charge on any atom is -0.387 e. The third-order valence-electron chi connectivity index (χ3n) is 3.65. The van der Waals surface area contributed by atoms with Gasteiger partial charge in [0.15, 0.2) is 6.23 Å². The van der Waals surface area contributed by atoms with E-state index in [0.29, 0.717) is 17.3 Å². The number of fused-ring (bicyclic) bond motifs is 1. The summed E-state index contributed by atoms with van der Waals surface area (Å²) in [6.07, 6.45) is 0.865. The number of ether oxygens (including phenoxy) is 1. The molecule has 8 nitrogen and oxygen atoms in total. The highest BCUT2D eigenvalue weighted by Gasteiger charge is 2.44. The highest BCUT2D eigenvalue weighted by atomic mass is 32.2. The summed E-state index contributed by atoms with van der Waals surface area (Å²) in [4.78, 5) is 8.15. The Morgan fingerprint density at radius 1 is 1.43 bits per heavy atom. The number of rotatable bonds is 3. The van der Waals surface area contributed by atoms with E-state index in [9.17, 15) is 15.3 Å². The van der Waals surface area contributed by atoms with Crippen LogP contribution in [0.4, 0.5) is 5.82 Å². The number of hydrogen-bond donors (Lipinski definition) is 4. The Labute approximate surface area is 125 Å². The maximum absolute atomic E-state index is 10.2. The van der Waals surface area contributed by atoms with Crippen molar-refractivity contribution in [2.24, 2.45) is 4.99 Å². The van der Waals surface area contributed by atoms with Gasteiger partial charge in [-0.3, -0.25) is 9.56 Å². The van der Waals surface area contributed by atoms with Crippen molar-refractivity contribution in [2.45, 2.75) is 30.6 Å². The Bertz CT molecular complexity index is 537. The summed E-state index contributed by atoms with van der Waals surface area (Å²) in [7, 11) is 0. The summed E-state index contributed by atoms with van der Waals surface area (Å²) < 4.78 is 7.34. The lowest BCUT2D eigenvalue weighted by Crippen LogP contribution is -2.32. The molecule has 0 spiro atoms. The average Bonchev–Trinajstić information content (AvgIpc) is 2.94. The van der Waals surface area contributed by atoms with E-state index in [1.165, 1.54) is 24.4 Å². The zero-order valence-electron chi connectivity index (χ0n) is 11.5. The van der Waals surface area contributed by atoms with Gasteiger partial charge in [-0.05, 0) is 6.26 Å².